The van der Waals surface area contributed by atoms with Crippen LogP contribution in [0.1, 0.15) is 33.1 Å². The van der Waals surface area contributed by atoms with Crippen molar-refractivity contribution in [2.45, 2.75) is 17.9 Å². The summed E-state index contributed by atoms with van der Waals surface area (Å²) >= 11 is 0. The lowest BCUT2D eigenvalue weighted by Crippen LogP contribution is -2.43. The largest absolute Gasteiger partial charge is 0.368 e. The van der Waals surface area contributed by atoms with Gasteiger partial charge >= 0.3 is 5.12 Å². The van der Waals surface area contributed by atoms with Crippen LogP contribution in [0.5, 0.6) is 0 Å². The molecule has 1 aromatic heterocycles. The first-order valence-corrected chi connectivity index (χ1v) is 14.1. The van der Waals surface area contributed by atoms with E-state index in [0.29, 0.717) is 17.1 Å². The van der Waals surface area contributed by atoms with Crippen LogP contribution in [-0.4, -0.2) is 37.7 Å². The molecule has 2 N–H and O–H groups in total. The molecule has 6 rings (SSSR count). The first-order chi connectivity index (χ1) is 19.1. The van der Waals surface area contributed by atoms with Gasteiger partial charge in [0.15, 0.2) is 10.6 Å². The number of hydroxylamine groups is 2. The predicted octanol–water partition coefficient (Wildman–Crippen LogP) is 6.54. The van der Waals surface area contributed by atoms with Gasteiger partial charge in [0.1, 0.15) is 22.6 Å². The van der Waals surface area contributed by atoms with Crippen LogP contribution in [0, 0.1) is 6.92 Å². The van der Waals surface area contributed by atoms with Crippen LogP contribution in [0.4, 0.5) is 0 Å². The lowest BCUT2D eigenvalue weighted by atomic mass is 9.95. The Bertz CT molecular complexity index is 1680. The Morgan fingerprint density at radius 2 is 1.54 bits per heavy atom. The van der Waals surface area contributed by atoms with Crippen LogP contribution in [-0.2, 0) is 10.9 Å². The van der Waals surface area contributed by atoms with Crippen LogP contribution < -0.4 is 0 Å². The van der Waals surface area contributed by atoms with E-state index in [4.69, 9.17) is 0 Å². The summed E-state index contributed by atoms with van der Waals surface area (Å²) in [5.74, 6) is 0.565. The summed E-state index contributed by atoms with van der Waals surface area (Å²) in [5.41, 5.74) is 5.10. The highest BCUT2D eigenvalue weighted by Crippen LogP contribution is 2.34. The van der Waals surface area contributed by atoms with Gasteiger partial charge in [0.05, 0.1) is 5.56 Å². The van der Waals surface area contributed by atoms with Crippen molar-refractivity contribution < 1.29 is 10.0 Å². The standard InChI is InChI=1S/C32H27N4O2S/c1-22-16-18-25(19-17-22)39(32(37)24-12-6-3-7-13-24)21-29-34-35-30(23-10-4-2-5-11-23)31(36(29)38)27-20-33-28-15-9-8-14-26(27)28/h2-20,31,33,38H,21H2,1H3/q+1. The molecule has 39 heavy (non-hydrogen) atoms. The van der Waals surface area contributed by atoms with Crippen molar-refractivity contribution >= 4 is 38.5 Å². The van der Waals surface area contributed by atoms with Crippen LogP contribution >= 0.6 is 0 Å². The monoisotopic (exact) mass is 531 g/mol. The predicted molar refractivity (Wildman–Crippen MR) is 158 cm³/mol. The molecular formula is C32H27N4O2S+. The van der Waals surface area contributed by atoms with Crippen LogP contribution in [0.2, 0.25) is 0 Å². The minimum atomic E-state index is -0.903. The van der Waals surface area contributed by atoms with Crippen LogP contribution in [0.25, 0.3) is 10.9 Å². The van der Waals surface area contributed by atoms with Crippen molar-refractivity contribution in [3.8, 4) is 0 Å². The zero-order valence-corrected chi connectivity index (χ0v) is 22.2. The fourth-order valence-electron chi connectivity index (χ4n) is 4.80. The van der Waals surface area contributed by atoms with Gasteiger partial charge in [-0.3, -0.25) is 5.21 Å². The Kier molecular flexibility index (Phi) is 6.84. The summed E-state index contributed by atoms with van der Waals surface area (Å²) in [4.78, 5) is 18.0. The number of carbonyl (C=O) groups is 1. The maximum Gasteiger partial charge on any atom is 0.368 e. The lowest BCUT2D eigenvalue weighted by Gasteiger charge is -2.31. The fraction of sp³-hybridized carbons (Fsp3) is 0.0938. The number of hydrogen-bond donors (Lipinski definition) is 2. The number of aryl methyl sites for hydroxylation is 1. The topological polar surface area (TPSA) is 81.1 Å². The second-order valence-electron chi connectivity index (χ2n) is 9.41. The van der Waals surface area contributed by atoms with E-state index in [2.05, 4.69) is 15.2 Å². The van der Waals surface area contributed by atoms with Crippen molar-refractivity contribution in [2.75, 3.05) is 5.75 Å². The molecule has 2 atom stereocenters. The highest BCUT2D eigenvalue weighted by atomic mass is 32.2. The summed E-state index contributed by atoms with van der Waals surface area (Å²) in [6, 6.07) is 34.4. The third-order valence-electron chi connectivity index (χ3n) is 6.84. The van der Waals surface area contributed by atoms with Gasteiger partial charge in [-0.2, -0.15) is 5.10 Å². The van der Waals surface area contributed by atoms with Crippen molar-refractivity contribution in [2.24, 2.45) is 10.2 Å². The third kappa shape index (κ3) is 4.90. The minimum absolute atomic E-state index is 0.00275. The molecule has 0 fully saturated rings. The number of aromatic amines is 1. The molecule has 1 aliphatic heterocycles. The fourth-order valence-corrected chi connectivity index (χ4v) is 6.64. The summed E-state index contributed by atoms with van der Waals surface area (Å²) in [7, 11) is -0.903. The normalized spacial score (nSPS) is 16.1. The number of fused-ring (bicyclic) bond motifs is 1. The van der Waals surface area contributed by atoms with Crippen molar-refractivity contribution in [3.63, 3.8) is 0 Å². The quantitative estimate of drug-likeness (QED) is 0.244. The number of para-hydroxylation sites is 1. The zero-order valence-electron chi connectivity index (χ0n) is 21.4. The van der Waals surface area contributed by atoms with Gasteiger partial charge < -0.3 is 4.98 Å². The van der Waals surface area contributed by atoms with Gasteiger partial charge in [-0.1, -0.05) is 84.4 Å². The first kappa shape index (κ1) is 24.9. The number of H-pyrrole nitrogens is 1. The molecule has 5 aromatic rings. The van der Waals surface area contributed by atoms with E-state index in [-0.39, 0.29) is 10.9 Å². The lowest BCUT2D eigenvalue weighted by molar-refractivity contribution is -0.0354. The second-order valence-corrected chi connectivity index (χ2v) is 11.3. The Hall–Kier alpha value is -4.46. The third-order valence-corrected chi connectivity index (χ3v) is 8.91. The number of hydrogen-bond acceptors (Lipinski definition) is 5. The van der Waals surface area contributed by atoms with Gasteiger partial charge in [-0.15, -0.1) is 5.10 Å². The molecule has 0 aliphatic carbocycles. The number of carbonyl (C=O) groups excluding carboxylic acids is 1. The van der Waals surface area contributed by atoms with Crippen molar-refractivity contribution in [1.82, 2.24) is 10.0 Å². The molecular weight excluding hydrogens is 504 g/mol. The Morgan fingerprint density at radius 1 is 0.872 bits per heavy atom. The molecule has 0 radical (unpaired) electrons. The maximum absolute atomic E-state index is 13.8. The number of nitrogens with one attached hydrogen (secondary N) is 1. The molecule has 0 spiro atoms. The van der Waals surface area contributed by atoms with Gasteiger partial charge in [0.2, 0.25) is 5.84 Å². The molecule has 6 nitrogen and oxygen atoms in total. The van der Waals surface area contributed by atoms with E-state index in [0.717, 1.165) is 32.5 Å². The van der Waals surface area contributed by atoms with E-state index >= 15 is 0 Å². The smallest absolute Gasteiger partial charge is 0.361 e. The number of aromatic nitrogens is 1. The molecule has 0 amide bonds. The van der Waals surface area contributed by atoms with Crippen LogP contribution in [0.15, 0.2) is 130 Å². The van der Waals surface area contributed by atoms with Crippen molar-refractivity contribution in [1.29, 1.82) is 0 Å². The Labute approximate surface area is 229 Å². The van der Waals surface area contributed by atoms with Gasteiger partial charge in [0, 0.05) is 28.2 Å². The molecule has 2 heterocycles. The molecule has 4 aromatic carbocycles. The number of benzene rings is 4. The number of nitrogens with zero attached hydrogens (tertiary/aromatic N) is 3. The highest BCUT2D eigenvalue weighted by Gasteiger charge is 2.41. The summed E-state index contributed by atoms with van der Waals surface area (Å²) in [6.07, 6.45) is 1.91. The van der Waals surface area contributed by atoms with Gasteiger partial charge in [0.25, 0.3) is 0 Å². The molecule has 192 valence electrons. The Balaban J connectivity index is 1.43. The van der Waals surface area contributed by atoms with E-state index in [1.807, 2.05) is 122 Å². The summed E-state index contributed by atoms with van der Waals surface area (Å²) < 4.78 is 0. The molecule has 7 heteroatoms. The Morgan fingerprint density at radius 3 is 2.28 bits per heavy atom. The molecule has 0 bridgehead atoms. The van der Waals surface area contributed by atoms with Gasteiger partial charge in [-0.05, 0) is 37.3 Å². The summed E-state index contributed by atoms with van der Waals surface area (Å²) in [6.45, 7) is 2.02. The van der Waals surface area contributed by atoms with E-state index in [9.17, 15) is 10.0 Å². The molecule has 1 aliphatic rings. The SMILES string of the molecule is Cc1ccc([S+](CC2=NN=C(c3ccccc3)C(c3c[nH]c4ccccc34)N2O)C(=O)c2ccccc2)cc1. The van der Waals surface area contributed by atoms with Gasteiger partial charge in [-0.25, -0.2) is 9.86 Å². The second kappa shape index (κ2) is 10.7. The van der Waals surface area contributed by atoms with E-state index in [1.165, 1.54) is 5.06 Å². The molecule has 2 unspecified atom stereocenters. The number of rotatable bonds is 6. The minimum Gasteiger partial charge on any atom is -0.361 e. The van der Waals surface area contributed by atoms with E-state index in [1.54, 1.807) is 0 Å². The average Bonchev–Trinajstić information content (AvgIpc) is 3.41. The molecule has 0 saturated carbocycles. The zero-order chi connectivity index (χ0) is 26.8. The van der Waals surface area contributed by atoms with Crippen LogP contribution in [0.3, 0.4) is 0 Å². The number of amidine groups is 1. The van der Waals surface area contributed by atoms with E-state index < -0.39 is 16.9 Å². The highest BCUT2D eigenvalue weighted by molar-refractivity contribution is 8.12. The van der Waals surface area contributed by atoms with Crippen molar-refractivity contribution in [3.05, 3.63) is 138 Å². The maximum atomic E-state index is 13.8. The molecule has 0 saturated heterocycles. The average molecular weight is 532 g/mol. The summed E-state index contributed by atoms with van der Waals surface area (Å²) in [5, 5.41) is 23.1. The first-order valence-electron chi connectivity index (χ1n) is 12.7.